The zero-order chi connectivity index (χ0) is 25.6. The van der Waals surface area contributed by atoms with Crippen LogP contribution in [0.1, 0.15) is 67.9 Å². The van der Waals surface area contributed by atoms with Crippen molar-refractivity contribution < 1.29 is 15.3 Å². The molecular weight excluding hydrogens is 446 g/mol. The quantitative estimate of drug-likeness (QED) is 0.357. The van der Waals surface area contributed by atoms with Crippen molar-refractivity contribution in [2.24, 2.45) is 5.92 Å². The fourth-order valence-electron chi connectivity index (χ4n) is 5.52. The van der Waals surface area contributed by atoms with Gasteiger partial charge < -0.3 is 20.2 Å². The minimum Gasteiger partial charge on any atom is -0.395 e. The molecule has 1 saturated heterocycles. The number of aliphatic hydroxyl groups excluding tert-OH is 2. The Labute approximate surface area is 216 Å². The maximum atomic E-state index is 12.1. The summed E-state index contributed by atoms with van der Waals surface area (Å²) in [6.07, 6.45) is 3.04. The highest BCUT2D eigenvalue weighted by molar-refractivity contribution is 5.37. The van der Waals surface area contributed by atoms with Crippen LogP contribution in [0.15, 0.2) is 84.9 Å². The molecule has 3 aromatic carbocycles. The SMILES string of the molecule is CC(C)(CO)c1ccc(C(O)CCCN2CCC(C(O)(c3ccccc3)c3ccccc3)CC2)cc1. The molecule has 0 bridgehead atoms. The molecule has 1 fully saturated rings. The van der Waals surface area contributed by atoms with E-state index in [1.54, 1.807) is 0 Å². The predicted molar refractivity (Wildman–Crippen MR) is 146 cm³/mol. The van der Waals surface area contributed by atoms with E-state index in [0.717, 1.165) is 67.6 Å². The van der Waals surface area contributed by atoms with E-state index in [-0.39, 0.29) is 17.9 Å². The van der Waals surface area contributed by atoms with E-state index in [1.807, 2.05) is 98.8 Å². The number of hydrogen-bond donors (Lipinski definition) is 3. The van der Waals surface area contributed by atoms with E-state index in [1.165, 1.54) is 0 Å². The molecule has 0 spiro atoms. The summed E-state index contributed by atoms with van der Waals surface area (Å²) in [5.41, 5.74) is 2.68. The van der Waals surface area contributed by atoms with Crippen LogP contribution in [0.4, 0.5) is 0 Å². The summed E-state index contributed by atoms with van der Waals surface area (Å²) < 4.78 is 0. The number of aliphatic hydroxyl groups is 3. The van der Waals surface area contributed by atoms with Crippen molar-refractivity contribution in [2.75, 3.05) is 26.2 Å². The normalized spacial score (nSPS) is 16.7. The monoisotopic (exact) mass is 487 g/mol. The van der Waals surface area contributed by atoms with E-state index < -0.39 is 11.7 Å². The first-order valence-electron chi connectivity index (χ1n) is 13.3. The predicted octanol–water partition coefficient (Wildman–Crippen LogP) is 5.42. The molecule has 4 nitrogen and oxygen atoms in total. The van der Waals surface area contributed by atoms with Gasteiger partial charge in [0.2, 0.25) is 0 Å². The second-order valence-electron chi connectivity index (χ2n) is 10.9. The van der Waals surface area contributed by atoms with Crippen LogP contribution < -0.4 is 0 Å². The molecule has 192 valence electrons. The van der Waals surface area contributed by atoms with Gasteiger partial charge in [-0.05, 0) is 73.5 Å². The molecule has 1 atom stereocenters. The molecule has 0 radical (unpaired) electrons. The molecule has 3 N–H and O–H groups in total. The van der Waals surface area contributed by atoms with Crippen LogP contribution >= 0.6 is 0 Å². The Balaban J connectivity index is 1.31. The third-order valence-corrected chi connectivity index (χ3v) is 8.03. The average molecular weight is 488 g/mol. The topological polar surface area (TPSA) is 63.9 Å². The van der Waals surface area contributed by atoms with E-state index in [0.29, 0.717) is 0 Å². The number of hydrogen-bond acceptors (Lipinski definition) is 4. The lowest BCUT2D eigenvalue weighted by Gasteiger charge is -2.42. The van der Waals surface area contributed by atoms with Crippen molar-refractivity contribution in [2.45, 2.75) is 56.7 Å². The van der Waals surface area contributed by atoms with Crippen LogP contribution in [0.25, 0.3) is 0 Å². The third kappa shape index (κ3) is 5.90. The van der Waals surface area contributed by atoms with Crippen LogP contribution in [-0.4, -0.2) is 46.5 Å². The molecule has 0 amide bonds. The highest BCUT2D eigenvalue weighted by Crippen LogP contribution is 2.42. The van der Waals surface area contributed by atoms with Gasteiger partial charge in [-0.2, -0.15) is 0 Å². The highest BCUT2D eigenvalue weighted by Gasteiger charge is 2.41. The second kappa shape index (κ2) is 11.7. The Morgan fingerprint density at radius 3 is 1.83 bits per heavy atom. The van der Waals surface area contributed by atoms with E-state index in [4.69, 9.17) is 0 Å². The number of likely N-dealkylation sites (tertiary alicyclic amines) is 1. The van der Waals surface area contributed by atoms with Crippen molar-refractivity contribution in [1.82, 2.24) is 4.90 Å². The van der Waals surface area contributed by atoms with Crippen molar-refractivity contribution in [3.63, 3.8) is 0 Å². The molecule has 0 saturated carbocycles. The van der Waals surface area contributed by atoms with Gasteiger partial charge in [-0.3, -0.25) is 0 Å². The van der Waals surface area contributed by atoms with Gasteiger partial charge in [0.1, 0.15) is 5.60 Å². The van der Waals surface area contributed by atoms with Gasteiger partial charge in [0, 0.05) is 5.41 Å². The minimum absolute atomic E-state index is 0.0969. The Kier molecular flexibility index (Phi) is 8.63. The fourth-order valence-corrected chi connectivity index (χ4v) is 5.52. The van der Waals surface area contributed by atoms with Gasteiger partial charge in [0.05, 0.1) is 12.7 Å². The number of piperidine rings is 1. The molecule has 4 rings (SSSR count). The number of benzene rings is 3. The first-order chi connectivity index (χ1) is 17.3. The molecule has 1 aliphatic rings. The van der Waals surface area contributed by atoms with Gasteiger partial charge in [0.15, 0.2) is 0 Å². The maximum absolute atomic E-state index is 12.1. The molecule has 36 heavy (non-hydrogen) atoms. The highest BCUT2D eigenvalue weighted by atomic mass is 16.3. The van der Waals surface area contributed by atoms with Crippen molar-refractivity contribution >= 4 is 0 Å². The van der Waals surface area contributed by atoms with Crippen LogP contribution in [0.3, 0.4) is 0 Å². The van der Waals surface area contributed by atoms with Gasteiger partial charge in [0.25, 0.3) is 0 Å². The molecule has 3 aromatic rings. The summed E-state index contributed by atoms with van der Waals surface area (Å²) in [6, 6.07) is 28.2. The van der Waals surface area contributed by atoms with Gasteiger partial charge in [-0.15, -0.1) is 0 Å². The summed E-state index contributed by atoms with van der Waals surface area (Å²) >= 11 is 0. The van der Waals surface area contributed by atoms with Crippen LogP contribution in [0.2, 0.25) is 0 Å². The van der Waals surface area contributed by atoms with Gasteiger partial charge in [-0.1, -0.05) is 98.8 Å². The summed E-state index contributed by atoms with van der Waals surface area (Å²) in [5, 5.41) is 32.3. The third-order valence-electron chi connectivity index (χ3n) is 8.03. The molecule has 1 heterocycles. The Morgan fingerprint density at radius 2 is 1.33 bits per heavy atom. The molecule has 1 unspecified atom stereocenters. The molecule has 4 heteroatoms. The standard InChI is InChI=1S/C32H41NO3/c1-31(2,24-34)26-17-15-25(16-18-26)30(35)14-9-21-33-22-19-29(20-23-33)32(36,27-10-5-3-6-11-27)28-12-7-4-8-13-28/h3-8,10-13,15-18,29-30,34-36H,9,14,19-24H2,1-2H3. The van der Waals surface area contributed by atoms with Crippen LogP contribution in [0, 0.1) is 5.92 Å². The Morgan fingerprint density at radius 1 is 0.806 bits per heavy atom. The van der Waals surface area contributed by atoms with Crippen molar-refractivity contribution in [3.05, 3.63) is 107 Å². The molecule has 0 aromatic heterocycles. The maximum Gasteiger partial charge on any atom is 0.117 e. The lowest BCUT2D eigenvalue weighted by atomic mass is 9.72. The lowest BCUT2D eigenvalue weighted by Crippen LogP contribution is -2.44. The van der Waals surface area contributed by atoms with E-state index >= 15 is 0 Å². The first kappa shape index (κ1) is 26.6. The zero-order valence-corrected chi connectivity index (χ0v) is 21.7. The minimum atomic E-state index is -0.985. The number of nitrogens with zero attached hydrogens (tertiary/aromatic N) is 1. The van der Waals surface area contributed by atoms with E-state index in [9.17, 15) is 15.3 Å². The van der Waals surface area contributed by atoms with Gasteiger partial charge >= 0.3 is 0 Å². The lowest BCUT2D eigenvalue weighted by molar-refractivity contribution is -0.0146. The summed E-state index contributed by atoms with van der Waals surface area (Å²) in [4.78, 5) is 2.46. The summed E-state index contributed by atoms with van der Waals surface area (Å²) in [6.45, 7) is 6.99. The summed E-state index contributed by atoms with van der Waals surface area (Å²) in [7, 11) is 0. The van der Waals surface area contributed by atoms with Crippen molar-refractivity contribution in [3.8, 4) is 0 Å². The largest absolute Gasteiger partial charge is 0.395 e. The smallest absolute Gasteiger partial charge is 0.117 e. The zero-order valence-electron chi connectivity index (χ0n) is 21.7. The summed E-state index contributed by atoms with van der Waals surface area (Å²) in [5.74, 6) is 0.158. The van der Waals surface area contributed by atoms with Crippen molar-refractivity contribution in [1.29, 1.82) is 0 Å². The fraction of sp³-hybridized carbons (Fsp3) is 0.438. The molecule has 0 aliphatic carbocycles. The Bertz CT molecular complexity index is 1020. The first-order valence-corrected chi connectivity index (χ1v) is 13.3. The Hall–Kier alpha value is -2.50. The molecular formula is C32H41NO3. The average Bonchev–Trinajstić information content (AvgIpc) is 2.94. The second-order valence-corrected chi connectivity index (χ2v) is 10.9. The number of rotatable bonds is 10. The van der Waals surface area contributed by atoms with E-state index in [2.05, 4.69) is 4.90 Å². The van der Waals surface area contributed by atoms with Crippen LogP contribution in [-0.2, 0) is 11.0 Å². The molecule has 1 aliphatic heterocycles. The van der Waals surface area contributed by atoms with Crippen LogP contribution in [0.5, 0.6) is 0 Å². The van der Waals surface area contributed by atoms with Gasteiger partial charge in [-0.25, -0.2) is 0 Å².